The maximum absolute atomic E-state index is 12.0. The molecule has 2 amide bonds. The molecule has 44 heavy (non-hydrogen) atoms. The molecule has 0 aliphatic carbocycles. The van der Waals surface area contributed by atoms with E-state index in [0.29, 0.717) is 20.1 Å². The van der Waals surface area contributed by atoms with Crippen LogP contribution in [-0.4, -0.2) is 48.9 Å². The first-order valence-corrected chi connectivity index (χ1v) is 15.4. The van der Waals surface area contributed by atoms with E-state index in [2.05, 4.69) is 0 Å². The van der Waals surface area contributed by atoms with Crippen LogP contribution < -0.4 is 0 Å². The van der Waals surface area contributed by atoms with Crippen molar-refractivity contribution < 1.29 is 19.1 Å². The Balaban J connectivity index is 0.000000175. The summed E-state index contributed by atoms with van der Waals surface area (Å²) in [6.07, 6.45) is -0.523. The van der Waals surface area contributed by atoms with Gasteiger partial charge in [-0.15, -0.1) is 0 Å². The fraction of sp³-hybridized carbons (Fsp3) is 0.235. The molecule has 0 radical (unpaired) electrons. The number of nitrogens with zero attached hydrogens (tertiary/aromatic N) is 2. The van der Waals surface area contributed by atoms with Gasteiger partial charge in [0.05, 0.1) is 12.1 Å². The van der Waals surface area contributed by atoms with E-state index in [1.165, 1.54) is 0 Å². The third-order valence-corrected chi connectivity index (χ3v) is 8.72. The second-order valence-corrected chi connectivity index (χ2v) is 12.3. The molecule has 2 saturated heterocycles. The number of likely N-dealkylation sites (N-methyl/N-ethyl adjacent to an activating group) is 2. The minimum absolute atomic E-state index is 0.0433. The number of amides is 2. The van der Waals surface area contributed by atoms with Crippen molar-refractivity contribution in [1.29, 1.82) is 0 Å². The van der Waals surface area contributed by atoms with Crippen molar-refractivity contribution in [3.05, 3.63) is 139 Å². The fourth-order valence-corrected chi connectivity index (χ4v) is 6.11. The standard InChI is InChI=1S/2C17H15Cl2NO2/c2*1-20-15(21)10-22-17(12-3-2-4-14(19)9-12)16(20)11-5-7-13(18)8-6-11/h2*2-9,16-17H,10H2,1H3/t16-,17?;16-,17+/m01/s1. The lowest BCUT2D eigenvalue weighted by atomic mass is 9.93. The fourth-order valence-electron chi connectivity index (χ4n) is 5.47. The predicted octanol–water partition coefficient (Wildman–Crippen LogP) is 8.53. The second-order valence-electron chi connectivity index (χ2n) is 10.6. The molecule has 228 valence electrons. The van der Waals surface area contributed by atoms with E-state index in [1.807, 2.05) is 97.1 Å². The molecular weight excluding hydrogens is 642 g/mol. The Kier molecular flexibility index (Phi) is 10.5. The normalized spacial score (nSPS) is 22.0. The van der Waals surface area contributed by atoms with Crippen molar-refractivity contribution >= 4 is 58.2 Å². The number of ether oxygens (including phenoxy) is 2. The molecule has 2 aliphatic heterocycles. The van der Waals surface area contributed by atoms with Gasteiger partial charge in [0.25, 0.3) is 0 Å². The molecule has 4 atom stereocenters. The number of hydrogen-bond donors (Lipinski definition) is 0. The summed E-state index contributed by atoms with van der Waals surface area (Å²) in [6, 6.07) is 29.6. The summed E-state index contributed by atoms with van der Waals surface area (Å²) in [7, 11) is 3.59. The zero-order valence-electron chi connectivity index (χ0n) is 24.0. The molecule has 0 aromatic heterocycles. The van der Waals surface area contributed by atoms with Crippen LogP contribution >= 0.6 is 46.4 Å². The van der Waals surface area contributed by atoms with Crippen molar-refractivity contribution in [2.75, 3.05) is 27.3 Å². The average Bonchev–Trinajstić information content (AvgIpc) is 3.01. The topological polar surface area (TPSA) is 59.1 Å². The molecule has 2 fully saturated rings. The minimum Gasteiger partial charge on any atom is -0.361 e. The Hall–Kier alpha value is -3.10. The molecule has 0 saturated carbocycles. The minimum atomic E-state index is -0.262. The summed E-state index contributed by atoms with van der Waals surface area (Å²) >= 11 is 24.1. The Morgan fingerprint density at radius 1 is 0.523 bits per heavy atom. The number of carbonyl (C=O) groups excluding carboxylic acids is 2. The van der Waals surface area contributed by atoms with Gasteiger partial charge >= 0.3 is 0 Å². The number of rotatable bonds is 4. The smallest absolute Gasteiger partial charge is 0.248 e. The largest absolute Gasteiger partial charge is 0.361 e. The van der Waals surface area contributed by atoms with Crippen LogP contribution in [0.1, 0.15) is 46.5 Å². The molecule has 0 bridgehead atoms. The molecule has 2 aliphatic rings. The van der Waals surface area contributed by atoms with Gasteiger partial charge < -0.3 is 19.3 Å². The van der Waals surface area contributed by atoms with Crippen LogP contribution in [0.15, 0.2) is 97.1 Å². The first kappa shape index (κ1) is 32.3. The average molecular weight is 672 g/mol. The molecule has 6 nitrogen and oxygen atoms in total. The molecule has 6 rings (SSSR count). The van der Waals surface area contributed by atoms with Crippen LogP contribution in [-0.2, 0) is 19.1 Å². The van der Waals surface area contributed by atoms with Crippen LogP contribution in [0.25, 0.3) is 0 Å². The van der Waals surface area contributed by atoms with Gasteiger partial charge in [0.1, 0.15) is 25.4 Å². The summed E-state index contributed by atoms with van der Waals surface area (Å²) in [4.78, 5) is 27.5. The number of morpholine rings is 2. The summed E-state index contributed by atoms with van der Waals surface area (Å²) in [5.41, 5.74) is 3.86. The molecule has 4 aromatic carbocycles. The quantitative estimate of drug-likeness (QED) is 0.218. The number of hydrogen-bond acceptors (Lipinski definition) is 4. The Labute approximate surface area is 277 Å². The number of carbonyl (C=O) groups is 2. The highest BCUT2D eigenvalue weighted by Crippen LogP contribution is 2.41. The molecule has 10 heteroatoms. The Morgan fingerprint density at radius 3 is 1.23 bits per heavy atom. The first-order chi connectivity index (χ1) is 21.1. The van der Waals surface area contributed by atoms with Gasteiger partial charge in [0, 0.05) is 34.2 Å². The SMILES string of the molecule is CN1C(=O)COC(c2cccc(Cl)c2)[C@@H]1c1ccc(Cl)cc1.CN1C(=O)CO[C@@H](c2cccc(Cl)c2)[C@H]1c1ccc(Cl)cc1. The van der Waals surface area contributed by atoms with E-state index in [1.54, 1.807) is 23.9 Å². The van der Waals surface area contributed by atoms with Crippen molar-refractivity contribution in [3.63, 3.8) is 0 Å². The molecule has 1 unspecified atom stereocenters. The van der Waals surface area contributed by atoms with Gasteiger partial charge in [-0.3, -0.25) is 9.59 Å². The van der Waals surface area contributed by atoms with Crippen LogP contribution in [0.5, 0.6) is 0 Å². The van der Waals surface area contributed by atoms with E-state index in [4.69, 9.17) is 55.9 Å². The van der Waals surface area contributed by atoms with E-state index >= 15 is 0 Å². The summed E-state index contributed by atoms with van der Waals surface area (Å²) in [6.45, 7) is 0.134. The Morgan fingerprint density at radius 2 is 0.886 bits per heavy atom. The maximum Gasteiger partial charge on any atom is 0.248 e. The maximum atomic E-state index is 12.0. The third-order valence-electron chi connectivity index (χ3n) is 7.75. The first-order valence-electron chi connectivity index (χ1n) is 13.9. The van der Waals surface area contributed by atoms with Gasteiger partial charge in [-0.05, 0) is 70.8 Å². The van der Waals surface area contributed by atoms with E-state index in [0.717, 1.165) is 22.3 Å². The van der Waals surface area contributed by atoms with Crippen molar-refractivity contribution in [3.8, 4) is 0 Å². The monoisotopic (exact) mass is 670 g/mol. The van der Waals surface area contributed by atoms with E-state index in [9.17, 15) is 9.59 Å². The molecule has 0 spiro atoms. The van der Waals surface area contributed by atoms with Crippen LogP contribution in [0.3, 0.4) is 0 Å². The molecule has 2 heterocycles. The highest BCUT2D eigenvalue weighted by atomic mass is 35.5. The van der Waals surface area contributed by atoms with E-state index < -0.39 is 0 Å². The zero-order chi connectivity index (χ0) is 31.4. The molecule has 4 aromatic rings. The number of benzene rings is 4. The predicted molar refractivity (Wildman–Crippen MR) is 174 cm³/mol. The lowest BCUT2D eigenvalue weighted by Gasteiger charge is -2.39. The van der Waals surface area contributed by atoms with Crippen molar-refractivity contribution in [2.24, 2.45) is 0 Å². The van der Waals surface area contributed by atoms with Crippen LogP contribution in [0, 0.1) is 0 Å². The summed E-state index contributed by atoms with van der Waals surface area (Å²) in [5.74, 6) is -0.0866. The highest BCUT2D eigenvalue weighted by Gasteiger charge is 2.37. The lowest BCUT2D eigenvalue weighted by Crippen LogP contribution is -2.43. The van der Waals surface area contributed by atoms with Gasteiger partial charge in [0.15, 0.2) is 0 Å². The van der Waals surface area contributed by atoms with Gasteiger partial charge in [-0.1, -0.05) is 94.9 Å². The van der Waals surface area contributed by atoms with E-state index in [-0.39, 0.29) is 49.3 Å². The summed E-state index contributed by atoms with van der Waals surface area (Å²) < 4.78 is 11.6. The second kappa shape index (κ2) is 14.3. The van der Waals surface area contributed by atoms with Crippen LogP contribution in [0.4, 0.5) is 0 Å². The lowest BCUT2D eigenvalue weighted by molar-refractivity contribution is -0.156. The van der Waals surface area contributed by atoms with Crippen molar-refractivity contribution in [1.82, 2.24) is 9.80 Å². The zero-order valence-corrected chi connectivity index (χ0v) is 27.0. The van der Waals surface area contributed by atoms with Gasteiger partial charge in [-0.25, -0.2) is 0 Å². The highest BCUT2D eigenvalue weighted by molar-refractivity contribution is 6.31. The van der Waals surface area contributed by atoms with Crippen LogP contribution in [0.2, 0.25) is 20.1 Å². The third kappa shape index (κ3) is 7.40. The number of halogens is 4. The van der Waals surface area contributed by atoms with Gasteiger partial charge in [-0.2, -0.15) is 0 Å². The van der Waals surface area contributed by atoms with Gasteiger partial charge in [0.2, 0.25) is 11.8 Å². The van der Waals surface area contributed by atoms with Crippen molar-refractivity contribution in [2.45, 2.75) is 24.3 Å². The Bertz CT molecular complexity index is 1500. The molecular formula is C34H30Cl4N2O4. The summed E-state index contributed by atoms with van der Waals surface area (Å²) in [5, 5.41) is 2.62. The molecule has 0 N–H and O–H groups in total.